The highest BCUT2D eigenvalue weighted by Gasteiger charge is 2.16. The predicted octanol–water partition coefficient (Wildman–Crippen LogP) is 1.94. The molecule has 0 atom stereocenters. The van der Waals surface area contributed by atoms with Crippen LogP contribution in [0.25, 0.3) is 0 Å². The third-order valence-corrected chi connectivity index (χ3v) is 5.18. The predicted molar refractivity (Wildman–Crippen MR) is 74.5 cm³/mol. The zero-order valence-electron chi connectivity index (χ0n) is 10.5. The lowest BCUT2D eigenvalue weighted by Crippen LogP contribution is -2.32. The molecule has 0 saturated carbocycles. The van der Waals surface area contributed by atoms with Gasteiger partial charge in [0, 0.05) is 11.8 Å². The van der Waals surface area contributed by atoms with Crippen LogP contribution in [0.1, 0.15) is 0 Å². The topological polar surface area (TPSA) is 75.3 Å². The van der Waals surface area contributed by atoms with E-state index in [-0.39, 0.29) is 9.90 Å². The van der Waals surface area contributed by atoms with Gasteiger partial charge in [-0.25, -0.2) is 21.9 Å². The van der Waals surface area contributed by atoms with Crippen molar-refractivity contribution in [1.82, 2.24) is 4.72 Å². The van der Waals surface area contributed by atoms with Gasteiger partial charge >= 0.3 is 0 Å². The molecule has 0 aliphatic carbocycles. The van der Waals surface area contributed by atoms with Crippen molar-refractivity contribution in [1.29, 1.82) is 0 Å². The van der Waals surface area contributed by atoms with E-state index in [1.165, 1.54) is 12.1 Å². The van der Waals surface area contributed by atoms with E-state index >= 15 is 0 Å². The molecule has 1 aromatic heterocycles. The smallest absolute Gasteiger partial charge is 0.250 e. The molecule has 2 N–H and O–H groups in total. The van der Waals surface area contributed by atoms with Crippen LogP contribution in [-0.4, -0.2) is 20.9 Å². The zero-order valence-corrected chi connectivity index (χ0v) is 12.1. The van der Waals surface area contributed by atoms with Gasteiger partial charge in [-0.1, -0.05) is 6.07 Å². The third-order valence-electron chi connectivity index (χ3n) is 2.39. The molecular weight excluding hydrogens is 322 g/mol. The number of amides is 1. The molecule has 0 aliphatic heterocycles. The monoisotopic (exact) mass is 332 g/mol. The number of anilines is 1. The molecule has 0 aliphatic rings. The van der Waals surface area contributed by atoms with Crippen LogP contribution in [0.3, 0.4) is 0 Å². The summed E-state index contributed by atoms with van der Waals surface area (Å²) in [5.41, 5.74) is 0.0363. The molecule has 0 radical (unpaired) electrons. The summed E-state index contributed by atoms with van der Waals surface area (Å²) < 4.78 is 51.4. The summed E-state index contributed by atoms with van der Waals surface area (Å²) in [5, 5.41) is 3.85. The minimum atomic E-state index is -3.75. The van der Waals surface area contributed by atoms with Crippen LogP contribution in [0, 0.1) is 11.6 Å². The van der Waals surface area contributed by atoms with Gasteiger partial charge in [-0.3, -0.25) is 4.79 Å². The lowest BCUT2D eigenvalue weighted by Gasteiger charge is -2.07. The SMILES string of the molecule is O=C(CNS(=O)(=O)c1cccs1)Nc1ccc(F)c(F)c1. The van der Waals surface area contributed by atoms with E-state index in [4.69, 9.17) is 0 Å². The first-order chi connectivity index (χ1) is 9.88. The van der Waals surface area contributed by atoms with E-state index in [0.29, 0.717) is 0 Å². The average Bonchev–Trinajstić information content (AvgIpc) is 2.96. The van der Waals surface area contributed by atoms with E-state index in [1.54, 1.807) is 11.4 Å². The Hall–Kier alpha value is -1.84. The van der Waals surface area contributed by atoms with Crippen LogP contribution in [0.15, 0.2) is 39.9 Å². The van der Waals surface area contributed by atoms with Crippen LogP contribution in [0.2, 0.25) is 0 Å². The number of benzene rings is 1. The lowest BCUT2D eigenvalue weighted by molar-refractivity contribution is -0.115. The molecule has 0 fully saturated rings. The molecule has 1 heterocycles. The first-order valence-corrected chi connectivity index (χ1v) is 8.03. The Kier molecular flexibility index (Phi) is 4.66. The summed E-state index contributed by atoms with van der Waals surface area (Å²) in [6.07, 6.45) is 0. The molecule has 9 heteroatoms. The number of carbonyl (C=O) groups excluding carboxylic acids is 1. The second-order valence-corrected chi connectivity index (χ2v) is 6.88. The van der Waals surface area contributed by atoms with Crippen molar-refractivity contribution in [2.75, 3.05) is 11.9 Å². The molecule has 1 aromatic carbocycles. The van der Waals surface area contributed by atoms with Gasteiger partial charge in [-0.2, -0.15) is 0 Å². The van der Waals surface area contributed by atoms with Crippen molar-refractivity contribution in [3.63, 3.8) is 0 Å². The maximum atomic E-state index is 13.0. The Morgan fingerprint density at radius 3 is 2.57 bits per heavy atom. The van der Waals surface area contributed by atoms with Gasteiger partial charge in [-0.05, 0) is 23.6 Å². The fourth-order valence-electron chi connectivity index (χ4n) is 1.43. The number of hydrogen-bond donors (Lipinski definition) is 2. The van der Waals surface area contributed by atoms with Gasteiger partial charge in [0.2, 0.25) is 5.91 Å². The highest BCUT2D eigenvalue weighted by molar-refractivity contribution is 7.91. The van der Waals surface area contributed by atoms with Crippen molar-refractivity contribution in [2.45, 2.75) is 4.21 Å². The molecular formula is C12H10F2N2O3S2. The molecule has 21 heavy (non-hydrogen) atoms. The summed E-state index contributed by atoms with van der Waals surface area (Å²) in [6, 6.07) is 5.81. The maximum absolute atomic E-state index is 13.0. The Morgan fingerprint density at radius 1 is 1.19 bits per heavy atom. The van der Waals surface area contributed by atoms with E-state index in [1.807, 2.05) is 0 Å². The normalized spacial score (nSPS) is 11.3. The largest absolute Gasteiger partial charge is 0.325 e. The average molecular weight is 332 g/mol. The summed E-state index contributed by atoms with van der Waals surface area (Å²) in [7, 11) is -3.75. The van der Waals surface area contributed by atoms with Crippen molar-refractivity contribution in [3.05, 3.63) is 47.3 Å². The second kappa shape index (κ2) is 6.29. The third kappa shape index (κ3) is 4.06. The molecule has 2 aromatic rings. The van der Waals surface area contributed by atoms with Gasteiger partial charge in [0.05, 0.1) is 6.54 Å². The summed E-state index contributed by atoms with van der Waals surface area (Å²) in [4.78, 5) is 11.6. The number of rotatable bonds is 5. The van der Waals surface area contributed by atoms with Gasteiger partial charge in [0.25, 0.3) is 10.0 Å². The van der Waals surface area contributed by atoms with Crippen LogP contribution in [-0.2, 0) is 14.8 Å². The van der Waals surface area contributed by atoms with Gasteiger partial charge in [-0.15, -0.1) is 11.3 Å². The summed E-state index contributed by atoms with van der Waals surface area (Å²) in [5.74, 6) is -2.83. The van der Waals surface area contributed by atoms with Gasteiger partial charge in [0.1, 0.15) is 4.21 Å². The van der Waals surface area contributed by atoms with Crippen molar-refractivity contribution in [2.24, 2.45) is 0 Å². The van der Waals surface area contributed by atoms with Gasteiger partial charge in [0.15, 0.2) is 11.6 Å². The minimum absolute atomic E-state index is 0.0363. The number of sulfonamides is 1. The molecule has 2 rings (SSSR count). The number of hydrogen-bond acceptors (Lipinski definition) is 4. The fourth-order valence-corrected chi connectivity index (χ4v) is 3.45. The maximum Gasteiger partial charge on any atom is 0.250 e. The fraction of sp³-hybridized carbons (Fsp3) is 0.0833. The van der Waals surface area contributed by atoms with Crippen LogP contribution in [0.4, 0.5) is 14.5 Å². The van der Waals surface area contributed by atoms with E-state index in [2.05, 4.69) is 10.0 Å². The number of thiophene rings is 1. The number of nitrogens with one attached hydrogen (secondary N) is 2. The zero-order chi connectivity index (χ0) is 15.5. The van der Waals surface area contributed by atoms with Crippen LogP contribution < -0.4 is 10.0 Å². The molecule has 0 saturated heterocycles. The molecule has 5 nitrogen and oxygen atoms in total. The van der Waals surface area contributed by atoms with Crippen molar-refractivity contribution >= 4 is 33.0 Å². The van der Waals surface area contributed by atoms with Crippen molar-refractivity contribution in [3.8, 4) is 0 Å². The Labute approximate surface area is 123 Å². The molecule has 0 unspecified atom stereocenters. The minimum Gasteiger partial charge on any atom is -0.325 e. The summed E-state index contributed by atoms with van der Waals surface area (Å²) >= 11 is 1.02. The molecule has 112 valence electrons. The first kappa shape index (κ1) is 15.5. The van der Waals surface area contributed by atoms with Crippen LogP contribution in [0.5, 0.6) is 0 Å². The van der Waals surface area contributed by atoms with Gasteiger partial charge < -0.3 is 5.32 Å². The number of carbonyl (C=O) groups is 1. The first-order valence-electron chi connectivity index (χ1n) is 5.66. The number of halogens is 2. The summed E-state index contributed by atoms with van der Waals surface area (Å²) in [6.45, 7) is -0.515. The second-order valence-electron chi connectivity index (χ2n) is 3.93. The quantitative estimate of drug-likeness (QED) is 0.879. The standard InChI is InChI=1S/C12H10F2N2O3S2/c13-9-4-3-8(6-10(9)14)16-11(17)7-15-21(18,19)12-2-1-5-20-12/h1-6,15H,7H2,(H,16,17). The van der Waals surface area contributed by atoms with E-state index in [9.17, 15) is 22.0 Å². The Bertz CT molecular complexity index is 746. The van der Waals surface area contributed by atoms with Crippen LogP contribution >= 0.6 is 11.3 Å². The lowest BCUT2D eigenvalue weighted by atomic mass is 10.3. The van der Waals surface area contributed by atoms with E-state index < -0.39 is 34.1 Å². The van der Waals surface area contributed by atoms with E-state index in [0.717, 1.165) is 23.5 Å². The Morgan fingerprint density at radius 2 is 1.95 bits per heavy atom. The highest BCUT2D eigenvalue weighted by atomic mass is 32.2. The molecule has 0 spiro atoms. The molecule has 1 amide bonds. The molecule has 0 bridgehead atoms. The van der Waals surface area contributed by atoms with Crippen molar-refractivity contribution < 1.29 is 22.0 Å². The Balaban J connectivity index is 1.95. The highest BCUT2D eigenvalue weighted by Crippen LogP contribution is 2.15.